The van der Waals surface area contributed by atoms with Crippen LogP contribution >= 0.6 is 0 Å². The van der Waals surface area contributed by atoms with Crippen molar-refractivity contribution in [3.63, 3.8) is 0 Å². The Kier molecular flexibility index (Phi) is 5.37. The zero-order chi connectivity index (χ0) is 18.7. The summed E-state index contributed by atoms with van der Waals surface area (Å²) in [5.41, 5.74) is 3.07. The molecule has 2 amide bonds. The number of fused-ring (bicyclic) bond motifs is 1. The van der Waals surface area contributed by atoms with E-state index in [1.54, 1.807) is 24.3 Å². The predicted molar refractivity (Wildman–Crippen MR) is 96.0 cm³/mol. The molecule has 3 rings (SSSR count). The summed E-state index contributed by atoms with van der Waals surface area (Å²) in [7, 11) is 0. The normalized spacial score (nSPS) is 13.6. The first kappa shape index (κ1) is 18.1. The second-order valence-electron chi connectivity index (χ2n) is 6.80. The van der Waals surface area contributed by atoms with Crippen molar-refractivity contribution in [1.82, 2.24) is 20.0 Å². The van der Waals surface area contributed by atoms with Gasteiger partial charge in [0.15, 0.2) is 0 Å². The van der Waals surface area contributed by atoms with Crippen LogP contribution in [0.2, 0.25) is 0 Å². The monoisotopic (exact) mass is 356 g/mol. The molecule has 0 fully saturated rings. The number of aromatic nitrogens is 2. The third-order valence-corrected chi connectivity index (χ3v) is 4.48. The largest absolute Gasteiger partial charge is 0.392 e. The molecule has 0 unspecified atom stereocenters. The quantitative estimate of drug-likeness (QED) is 0.845. The van der Waals surface area contributed by atoms with Crippen molar-refractivity contribution in [3.8, 4) is 0 Å². The number of aliphatic hydroxyl groups excluding tert-OH is 1. The second-order valence-corrected chi connectivity index (χ2v) is 6.80. The van der Waals surface area contributed by atoms with E-state index in [2.05, 4.69) is 10.4 Å². The molecule has 0 saturated carbocycles. The summed E-state index contributed by atoms with van der Waals surface area (Å²) in [6.07, 6.45) is 0. The smallest absolute Gasteiger partial charge is 0.251 e. The van der Waals surface area contributed by atoms with Crippen LogP contribution in [-0.4, -0.2) is 38.1 Å². The SMILES string of the molecule is CC(C)C(=O)N1CCn2nc(CNC(=O)c3ccc(CO)cc3)cc2C1. The van der Waals surface area contributed by atoms with Gasteiger partial charge in [0.1, 0.15) is 0 Å². The van der Waals surface area contributed by atoms with Crippen LogP contribution in [0.3, 0.4) is 0 Å². The van der Waals surface area contributed by atoms with Crippen LogP contribution in [0, 0.1) is 5.92 Å². The first-order chi connectivity index (χ1) is 12.5. The summed E-state index contributed by atoms with van der Waals surface area (Å²) in [5, 5.41) is 16.4. The second kappa shape index (κ2) is 7.70. The van der Waals surface area contributed by atoms with E-state index in [1.807, 2.05) is 29.5 Å². The van der Waals surface area contributed by atoms with Crippen molar-refractivity contribution in [2.75, 3.05) is 6.54 Å². The van der Waals surface area contributed by atoms with E-state index in [4.69, 9.17) is 5.11 Å². The van der Waals surface area contributed by atoms with E-state index in [-0.39, 0.29) is 24.3 Å². The van der Waals surface area contributed by atoms with Crippen LogP contribution in [0.1, 0.15) is 41.2 Å². The van der Waals surface area contributed by atoms with Crippen molar-refractivity contribution in [2.24, 2.45) is 5.92 Å². The van der Waals surface area contributed by atoms with Gasteiger partial charge >= 0.3 is 0 Å². The van der Waals surface area contributed by atoms with Crippen LogP contribution in [-0.2, 0) is 31.0 Å². The summed E-state index contributed by atoms with van der Waals surface area (Å²) in [5.74, 6) is -0.0452. The Hall–Kier alpha value is -2.67. The van der Waals surface area contributed by atoms with Crippen molar-refractivity contribution in [3.05, 3.63) is 52.8 Å². The van der Waals surface area contributed by atoms with E-state index >= 15 is 0 Å². The average Bonchev–Trinajstić information content (AvgIpc) is 3.07. The minimum atomic E-state index is -0.183. The van der Waals surface area contributed by atoms with Crippen LogP contribution < -0.4 is 5.32 Å². The summed E-state index contributed by atoms with van der Waals surface area (Å²) < 4.78 is 1.90. The molecule has 7 heteroatoms. The highest BCUT2D eigenvalue weighted by atomic mass is 16.3. The van der Waals surface area contributed by atoms with Crippen molar-refractivity contribution >= 4 is 11.8 Å². The number of nitrogens with zero attached hydrogens (tertiary/aromatic N) is 3. The first-order valence-electron chi connectivity index (χ1n) is 8.80. The van der Waals surface area contributed by atoms with Crippen LogP contribution in [0.5, 0.6) is 0 Å². The highest BCUT2D eigenvalue weighted by Gasteiger charge is 2.23. The summed E-state index contributed by atoms with van der Waals surface area (Å²) in [6, 6.07) is 8.77. The molecule has 2 N–H and O–H groups in total. The lowest BCUT2D eigenvalue weighted by atomic mass is 10.1. The Morgan fingerprint density at radius 1 is 1.23 bits per heavy atom. The Morgan fingerprint density at radius 3 is 2.62 bits per heavy atom. The van der Waals surface area contributed by atoms with Crippen molar-refractivity contribution in [1.29, 1.82) is 0 Å². The van der Waals surface area contributed by atoms with E-state index < -0.39 is 0 Å². The Balaban J connectivity index is 1.60. The predicted octanol–water partition coefficient (Wildman–Crippen LogP) is 1.30. The first-order valence-corrected chi connectivity index (χ1v) is 8.80. The lowest BCUT2D eigenvalue weighted by molar-refractivity contribution is -0.136. The van der Waals surface area contributed by atoms with Gasteiger partial charge in [0.25, 0.3) is 5.91 Å². The molecule has 1 aliphatic rings. The van der Waals surface area contributed by atoms with Gasteiger partial charge in [0.05, 0.1) is 37.6 Å². The van der Waals surface area contributed by atoms with Gasteiger partial charge in [-0.05, 0) is 23.8 Å². The number of hydrogen-bond donors (Lipinski definition) is 2. The van der Waals surface area contributed by atoms with E-state index in [0.717, 1.165) is 17.0 Å². The molecule has 26 heavy (non-hydrogen) atoms. The van der Waals surface area contributed by atoms with Gasteiger partial charge in [-0.15, -0.1) is 0 Å². The molecule has 0 saturated heterocycles. The number of hydrogen-bond acceptors (Lipinski definition) is 4. The van der Waals surface area contributed by atoms with Gasteiger partial charge in [0, 0.05) is 18.0 Å². The van der Waals surface area contributed by atoms with E-state index in [1.165, 1.54) is 0 Å². The molecule has 0 spiro atoms. The molecule has 138 valence electrons. The minimum absolute atomic E-state index is 0.0135. The molecule has 0 atom stereocenters. The highest BCUT2D eigenvalue weighted by Crippen LogP contribution is 2.16. The Bertz CT molecular complexity index is 796. The van der Waals surface area contributed by atoms with Crippen molar-refractivity contribution in [2.45, 2.75) is 40.1 Å². The Morgan fingerprint density at radius 2 is 1.96 bits per heavy atom. The number of amides is 2. The summed E-state index contributed by atoms with van der Waals surface area (Å²) in [4.78, 5) is 26.2. The molecule has 1 aromatic carbocycles. The zero-order valence-corrected chi connectivity index (χ0v) is 15.1. The fourth-order valence-corrected chi connectivity index (χ4v) is 3.00. The number of rotatable bonds is 5. The average molecular weight is 356 g/mol. The maximum atomic E-state index is 12.2. The lowest BCUT2D eigenvalue weighted by Crippen LogP contribution is -2.40. The standard InChI is InChI=1S/C19H24N4O3/c1-13(2)19(26)22-7-8-23-17(11-22)9-16(21-23)10-20-18(25)15-5-3-14(12-24)4-6-15/h3-6,9,13,24H,7-8,10-12H2,1-2H3,(H,20,25). The maximum absolute atomic E-state index is 12.2. The Labute approximate surface area is 152 Å². The molecule has 1 aliphatic heterocycles. The highest BCUT2D eigenvalue weighted by molar-refractivity contribution is 5.94. The fourth-order valence-electron chi connectivity index (χ4n) is 3.00. The number of nitrogens with one attached hydrogen (secondary N) is 1. The molecule has 2 heterocycles. The molecule has 0 aliphatic carbocycles. The number of aliphatic hydroxyl groups is 1. The van der Waals surface area contributed by atoms with Gasteiger partial charge in [-0.25, -0.2) is 0 Å². The third kappa shape index (κ3) is 3.94. The molecule has 0 bridgehead atoms. The maximum Gasteiger partial charge on any atom is 0.251 e. The van der Waals surface area contributed by atoms with Crippen LogP contribution in [0.15, 0.2) is 30.3 Å². The molecular formula is C19H24N4O3. The van der Waals surface area contributed by atoms with Gasteiger partial charge in [0.2, 0.25) is 5.91 Å². The number of benzene rings is 1. The van der Waals surface area contributed by atoms with Gasteiger partial charge in [-0.2, -0.15) is 5.10 Å². The van der Waals surface area contributed by atoms with Crippen LogP contribution in [0.25, 0.3) is 0 Å². The number of carbonyl (C=O) groups is 2. The molecular weight excluding hydrogens is 332 g/mol. The van der Waals surface area contributed by atoms with E-state index in [9.17, 15) is 9.59 Å². The van der Waals surface area contributed by atoms with Gasteiger partial charge in [-0.3, -0.25) is 14.3 Å². The topological polar surface area (TPSA) is 87.5 Å². The molecule has 0 radical (unpaired) electrons. The van der Waals surface area contributed by atoms with E-state index in [0.29, 0.717) is 31.7 Å². The summed E-state index contributed by atoms with van der Waals surface area (Å²) in [6.45, 7) is 5.99. The third-order valence-electron chi connectivity index (χ3n) is 4.48. The fraction of sp³-hybridized carbons (Fsp3) is 0.421. The van der Waals surface area contributed by atoms with Crippen LogP contribution in [0.4, 0.5) is 0 Å². The van der Waals surface area contributed by atoms with Crippen molar-refractivity contribution < 1.29 is 14.7 Å². The molecule has 7 nitrogen and oxygen atoms in total. The summed E-state index contributed by atoms with van der Waals surface area (Å²) >= 11 is 0. The molecule has 1 aromatic heterocycles. The number of carbonyl (C=O) groups excluding carboxylic acids is 2. The molecule has 2 aromatic rings. The lowest BCUT2D eigenvalue weighted by Gasteiger charge is -2.29. The van der Waals surface area contributed by atoms with Gasteiger partial charge < -0.3 is 15.3 Å². The minimum Gasteiger partial charge on any atom is -0.392 e. The zero-order valence-electron chi connectivity index (χ0n) is 15.1. The van der Waals surface area contributed by atoms with Gasteiger partial charge in [-0.1, -0.05) is 26.0 Å².